The summed E-state index contributed by atoms with van der Waals surface area (Å²) in [6.45, 7) is 4.10. The van der Waals surface area contributed by atoms with Crippen LogP contribution >= 0.6 is 0 Å². The van der Waals surface area contributed by atoms with Crippen LogP contribution in [0.1, 0.15) is 35.8 Å². The molecule has 0 radical (unpaired) electrons. The van der Waals surface area contributed by atoms with Gasteiger partial charge in [-0.3, -0.25) is 0 Å². The average molecular weight is 348 g/mol. The number of nitrogens with one attached hydrogen (secondary N) is 2. The van der Waals surface area contributed by atoms with Gasteiger partial charge in [0.25, 0.3) is 0 Å². The van der Waals surface area contributed by atoms with Crippen LogP contribution in [-0.2, 0) is 10.0 Å². The quantitative estimate of drug-likeness (QED) is 0.715. The fraction of sp³-hybridized carbons (Fsp3) is 0.235. The maximum Gasteiger partial charge on any atom is 0.337 e. The van der Waals surface area contributed by atoms with Crippen molar-refractivity contribution in [1.29, 1.82) is 0 Å². The molecule has 6 nitrogen and oxygen atoms in total. The van der Waals surface area contributed by atoms with Gasteiger partial charge in [0.1, 0.15) is 0 Å². The summed E-state index contributed by atoms with van der Waals surface area (Å²) >= 11 is 0. The maximum atomic E-state index is 12.5. The predicted molar refractivity (Wildman–Crippen MR) is 92.7 cm³/mol. The lowest BCUT2D eigenvalue weighted by atomic mass is 10.1. The van der Waals surface area contributed by atoms with Crippen molar-refractivity contribution in [2.75, 3.05) is 11.9 Å². The van der Waals surface area contributed by atoms with E-state index in [1.807, 2.05) is 37.3 Å². The van der Waals surface area contributed by atoms with E-state index >= 15 is 0 Å². The molecule has 0 aliphatic carbocycles. The van der Waals surface area contributed by atoms with E-state index in [-0.39, 0.29) is 10.5 Å². The number of benzene rings is 2. The second-order valence-electron chi connectivity index (χ2n) is 5.30. The van der Waals surface area contributed by atoms with E-state index in [2.05, 4.69) is 10.0 Å². The van der Waals surface area contributed by atoms with Gasteiger partial charge in [-0.2, -0.15) is 0 Å². The number of carbonyl (C=O) groups is 1. The van der Waals surface area contributed by atoms with Crippen molar-refractivity contribution in [2.24, 2.45) is 0 Å². The van der Waals surface area contributed by atoms with Crippen LogP contribution in [0.15, 0.2) is 53.4 Å². The zero-order valence-corrected chi connectivity index (χ0v) is 14.3. The summed E-state index contributed by atoms with van der Waals surface area (Å²) in [5.41, 5.74) is 1.14. The van der Waals surface area contributed by atoms with Gasteiger partial charge in [0.05, 0.1) is 10.5 Å². The molecule has 0 unspecified atom stereocenters. The van der Waals surface area contributed by atoms with E-state index in [4.69, 9.17) is 0 Å². The molecule has 128 valence electrons. The lowest BCUT2D eigenvalue weighted by Gasteiger charge is -2.16. The van der Waals surface area contributed by atoms with Gasteiger partial charge in [-0.05, 0) is 37.6 Å². The Labute approximate surface area is 141 Å². The van der Waals surface area contributed by atoms with Crippen molar-refractivity contribution in [2.45, 2.75) is 24.8 Å². The molecular formula is C17H20N2O4S. The summed E-state index contributed by atoms with van der Waals surface area (Å²) in [6, 6.07) is 12.7. The molecule has 0 amide bonds. The van der Waals surface area contributed by atoms with Crippen molar-refractivity contribution in [3.05, 3.63) is 59.7 Å². The molecule has 0 aromatic heterocycles. The molecular weight excluding hydrogens is 328 g/mol. The van der Waals surface area contributed by atoms with Gasteiger partial charge in [0.2, 0.25) is 10.0 Å². The Kier molecular flexibility index (Phi) is 5.58. The minimum Gasteiger partial charge on any atom is -0.478 e. The molecule has 0 spiro atoms. The Morgan fingerprint density at radius 2 is 1.83 bits per heavy atom. The van der Waals surface area contributed by atoms with Crippen molar-refractivity contribution in [1.82, 2.24) is 4.72 Å². The van der Waals surface area contributed by atoms with Crippen LogP contribution in [0, 0.1) is 0 Å². The van der Waals surface area contributed by atoms with Crippen LogP contribution in [0.25, 0.3) is 0 Å². The minimum absolute atomic E-state index is 0.0768. The van der Waals surface area contributed by atoms with Gasteiger partial charge < -0.3 is 10.4 Å². The fourth-order valence-corrected chi connectivity index (χ4v) is 3.58. The van der Waals surface area contributed by atoms with Crippen molar-refractivity contribution >= 4 is 21.7 Å². The molecule has 0 saturated heterocycles. The van der Waals surface area contributed by atoms with Crippen molar-refractivity contribution in [3.63, 3.8) is 0 Å². The molecule has 24 heavy (non-hydrogen) atoms. The lowest BCUT2D eigenvalue weighted by Crippen LogP contribution is -2.27. The summed E-state index contributed by atoms with van der Waals surface area (Å²) in [7, 11) is -3.84. The number of anilines is 1. The van der Waals surface area contributed by atoms with Gasteiger partial charge in [-0.1, -0.05) is 30.3 Å². The van der Waals surface area contributed by atoms with Gasteiger partial charge in [0, 0.05) is 18.3 Å². The third-order valence-corrected chi connectivity index (χ3v) is 5.07. The Morgan fingerprint density at radius 3 is 2.42 bits per heavy atom. The molecule has 3 N–H and O–H groups in total. The summed E-state index contributed by atoms with van der Waals surface area (Å²) in [6.07, 6.45) is 0. The lowest BCUT2D eigenvalue weighted by molar-refractivity contribution is 0.0697. The van der Waals surface area contributed by atoms with Crippen LogP contribution in [0.5, 0.6) is 0 Å². The first-order valence-corrected chi connectivity index (χ1v) is 9.02. The van der Waals surface area contributed by atoms with E-state index in [0.717, 1.165) is 5.56 Å². The van der Waals surface area contributed by atoms with Crippen LogP contribution in [0.4, 0.5) is 5.69 Å². The first-order chi connectivity index (χ1) is 11.3. The van der Waals surface area contributed by atoms with E-state index < -0.39 is 22.0 Å². The number of hydrogen-bond donors (Lipinski definition) is 3. The molecule has 7 heteroatoms. The van der Waals surface area contributed by atoms with Crippen molar-refractivity contribution in [3.8, 4) is 0 Å². The monoisotopic (exact) mass is 348 g/mol. The van der Waals surface area contributed by atoms with Crippen LogP contribution in [-0.4, -0.2) is 26.0 Å². The third kappa shape index (κ3) is 4.12. The van der Waals surface area contributed by atoms with E-state index in [1.54, 1.807) is 6.92 Å². The molecule has 0 aliphatic rings. The van der Waals surface area contributed by atoms with Gasteiger partial charge in [0.15, 0.2) is 0 Å². The molecule has 0 aliphatic heterocycles. The smallest absolute Gasteiger partial charge is 0.337 e. The largest absolute Gasteiger partial charge is 0.478 e. The number of sulfonamides is 1. The number of rotatable bonds is 7. The third-order valence-electron chi connectivity index (χ3n) is 3.53. The second kappa shape index (κ2) is 7.46. The number of carboxylic acid groups (broad SMARTS) is 1. The first kappa shape index (κ1) is 18.0. The highest BCUT2D eigenvalue weighted by atomic mass is 32.2. The van der Waals surface area contributed by atoms with Gasteiger partial charge >= 0.3 is 5.97 Å². The summed E-state index contributed by atoms with van der Waals surface area (Å²) < 4.78 is 27.6. The summed E-state index contributed by atoms with van der Waals surface area (Å²) in [4.78, 5) is 11.3. The van der Waals surface area contributed by atoms with Crippen molar-refractivity contribution < 1.29 is 18.3 Å². The molecule has 0 saturated carbocycles. The highest BCUT2D eigenvalue weighted by Gasteiger charge is 2.21. The Balaban J connectivity index is 2.32. The second-order valence-corrected chi connectivity index (χ2v) is 7.01. The number of carboxylic acids is 1. The topological polar surface area (TPSA) is 95.5 Å². The van der Waals surface area contributed by atoms with Crippen LogP contribution in [0.3, 0.4) is 0 Å². The fourth-order valence-electron chi connectivity index (χ4n) is 2.32. The Bertz CT molecular complexity index is 820. The van der Waals surface area contributed by atoms with Gasteiger partial charge in [-0.15, -0.1) is 0 Å². The van der Waals surface area contributed by atoms with Gasteiger partial charge in [-0.25, -0.2) is 17.9 Å². The maximum absolute atomic E-state index is 12.5. The average Bonchev–Trinajstić information content (AvgIpc) is 2.55. The Morgan fingerprint density at radius 1 is 1.17 bits per heavy atom. The van der Waals surface area contributed by atoms with Crippen LogP contribution in [0.2, 0.25) is 0 Å². The normalized spacial score (nSPS) is 12.6. The van der Waals surface area contributed by atoms with E-state index in [1.165, 1.54) is 18.2 Å². The zero-order chi connectivity index (χ0) is 17.7. The number of aromatic carboxylic acids is 1. The summed E-state index contributed by atoms with van der Waals surface area (Å²) in [5, 5.41) is 12.2. The predicted octanol–water partition coefficient (Wildman–Crippen LogP) is 2.86. The molecule has 0 bridgehead atoms. The van der Waals surface area contributed by atoms with E-state index in [0.29, 0.717) is 12.2 Å². The standard InChI is InChI=1S/C17H20N2O4S/c1-3-18-16-10-9-14(11-15(16)17(20)21)24(22,23)19-12(2)13-7-5-4-6-8-13/h4-12,18-19H,3H2,1-2H3,(H,20,21)/t12-/m0/s1. The molecule has 0 heterocycles. The highest BCUT2D eigenvalue weighted by Crippen LogP contribution is 2.22. The minimum atomic E-state index is -3.84. The molecule has 1 atom stereocenters. The molecule has 0 fully saturated rings. The number of hydrogen-bond acceptors (Lipinski definition) is 4. The van der Waals surface area contributed by atoms with Crippen LogP contribution < -0.4 is 10.0 Å². The van der Waals surface area contributed by atoms with E-state index in [9.17, 15) is 18.3 Å². The molecule has 2 aromatic rings. The summed E-state index contributed by atoms with van der Waals surface area (Å²) in [5.74, 6) is -1.18. The Hall–Kier alpha value is -2.38. The molecule has 2 aromatic carbocycles. The molecule has 2 rings (SSSR count). The SMILES string of the molecule is CCNc1ccc(S(=O)(=O)N[C@@H](C)c2ccccc2)cc1C(=O)O. The first-order valence-electron chi connectivity index (χ1n) is 7.53. The zero-order valence-electron chi connectivity index (χ0n) is 13.5. The highest BCUT2D eigenvalue weighted by molar-refractivity contribution is 7.89.